The summed E-state index contributed by atoms with van der Waals surface area (Å²) in [4.78, 5) is 27.2. The van der Waals surface area contributed by atoms with Gasteiger partial charge in [0.25, 0.3) is 0 Å². The van der Waals surface area contributed by atoms with Crippen LogP contribution >= 0.6 is 11.3 Å². The molecule has 0 spiro atoms. The van der Waals surface area contributed by atoms with Crippen molar-refractivity contribution in [2.24, 2.45) is 5.73 Å². The van der Waals surface area contributed by atoms with Crippen LogP contribution in [0.1, 0.15) is 35.3 Å². The monoisotopic (exact) mass is 273 g/mol. The fraction of sp³-hybridized carbons (Fsp3) is 0.500. The molecule has 1 unspecified atom stereocenters. The van der Waals surface area contributed by atoms with Crippen molar-refractivity contribution < 1.29 is 19.1 Å². The Hall–Kier alpha value is -1.67. The second kappa shape index (κ2) is 6.31. The van der Waals surface area contributed by atoms with Gasteiger partial charge >= 0.3 is 11.9 Å². The van der Waals surface area contributed by atoms with Crippen LogP contribution in [0.2, 0.25) is 0 Å². The van der Waals surface area contributed by atoms with E-state index in [0.717, 1.165) is 11.3 Å². The Balaban J connectivity index is 3.01. The molecule has 0 aromatic carbocycles. The lowest BCUT2D eigenvalue weighted by atomic mass is 10.2. The van der Waals surface area contributed by atoms with Gasteiger partial charge in [0.1, 0.15) is 10.9 Å². The van der Waals surface area contributed by atoms with Gasteiger partial charge in [-0.15, -0.1) is 0 Å². The fourth-order valence-corrected chi connectivity index (χ4v) is 2.02. The zero-order chi connectivity index (χ0) is 13.7. The normalized spacial score (nSPS) is 11.9. The number of ether oxygens (including phenoxy) is 2. The van der Waals surface area contributed by atoms with E-state index in [0.29, 0.717) is 0 Å². The van der Waals surface area contributed by atoms with Crippen LogP contribution in [0.5, 0.6) is 0 Å². The van der Waals surface area contributed by atoms with Crippen molar-refractivity contribution in [3.05, 3.63) is 10.6 Å². The van der Waals surface area contributed by atoms with Gasteiger partial charge in [-0.05, 0) is 13.8 Å². The molecule has 7 nitrogen and oxygen atoms in total. The van der Waals surface area contributed by atoms with Crippen LogP contribution in [-0.2, 0) is 14.3 Å². The highest BCUT2D eigenvalue weighted by Crippen LogP contribution is 2.26. The third-order valence-electron chi connectivity index (χ3n) is 1.97. The van der Waals surface area contributed by atoms with Gasteiger partial charge in [-0.3, -0.25) is 0 Å². The summed E-state index contributed by atoms with van der Waals surface area (Å²) in [7, 11) is 0. The average Bonchev–Trinajstić information content (AvgIpc) is 2.71. The molecule has 0 amide bonds. The van der Waals surface area contributed by atoms with Crippen LogP contribution in [0.15, 0.2) is 0 Å². The number of nitrogen functional groups attached to an aromatic ring is 1. The summed E-state index contributed by atoms with van der Waals surface area (Å²) in [6, 6.07) is -1.14. The van der Waals surface area contributed by atoms with E-state index in [2.05, 4.69) is 4.98 Å². The molecule has 1 rings (SSSR count). The van der Waals surface area contributed by atoms with Gasteiger partial charge in [0.05, 0.1) is 18.9 Å². The Morgan fingerprint density at radius 2 is 1.94 bits per heavy atom. The summed E-state index contributed by atoms with van der Waals surface area (Å²) in [5, 5.41) is 0.146. The van der Waals surface area contributed by atoms with E-state index >= 15 is 0 Å². The number of carbonyl (C=O) groups excluding carboxylic acids is 2. The minimum Gasteiger partial charge on any atom is -0.465 e. The van der Waals surface area contributed by atoms with Crippen molar-refractivity contribution in [1.29, 1.82) is 0 Å². The van der Waals surface area contributed by atoms with E-state index in [1.807, 2.05) is 0 Å². The highest BCUT2D eigenvalue weighted by atomic mass is 32.1. The van der Waals surface area contributed by atoms with Crippen molar-refractivity contribution in [2.75, 3.05) is 18.9 Å². The highest BCUT2D eigenvalue weighted by Gasteiger charge is 2.28. The molecule has 0 radical (unpaired) electrons. The van der Waals surface area contributed by atoms with Crippen molar-refractivity contribution in [2.45, 2.75) is 19.9 Å². The van der Waals surface area contributed by atoms with E-state index in [4.69, 9.17) is 20.9 Å². The molecule has 0 aliphatic rings. The summed E-state index contributed by atoms with van der Waals surface area (Å²) in [5.74, 6) is -1.25. The van der Waals surface area contributed by atoms with Crippen LogP contribution in [0, 0.1) is 0 Å². The van der Waals surface area contributed by atoms with Crippen LogP contribution in [0.4, 0.5) is 5.13 Å². The first-order valence-corrected chi connectivity index (χ1v) is 6.18. The van der Waals surface area contributed by atoms with Crippen LogP contribution < -0.4 is 11.5 Å². The van der Waals surface area contributed by atoms with E-state index in [-0.39, 0.29) is 28.9 Å². The Labute approximate surface area is 108 Å². The Bertz CT molecular complexity index is 446. The quantitative estimate of drug-likeness (QED) is 0.748. The predicted octanol–water partition coefficient (Wildman–Crippen LogP) is 0.465. The summed E-state index contributed by atoms with van der Waals surface area (Å²) >= 11 is 0.931. The fourth-order valence-electron chi connectivity index (χ4n) is 1.25. The first kappa shape index (κ1) is 14.4. The van der Waals surface area contributed by atoms with Gasteiger partial charge in [0, 0.05) is 0 Å². The second-order valence-corrected chi connectivity index (χ2v) is 4.25. The number of anilines is 1. The molecule has 1 aromatic rings. The van der Waals surface area contributed by atoms with E-state index < -0.39 is 18.0 Å². The zero-order valence-corrected chi connectivity index (χ0v) is 11.0. The molecule has 0 saturated carbocycles. The summed E-state index contributed by atoms with van der Waals surface area (Å²) in [6.07, 6.45) is 0. The van der Waals surface area contributed by atoms with Crippen molar-refractivity contribution >= 4 is 28.4 Å². The molecule has 0 bridgehead atoms. The third kappa shape index (κ3) is 3.17. The number of nitrogens with zero attached hydrogens (tertiary/aromatic N) is 1. The number of aromatic nitrogens is 1. The van der Waals surface area contributed by atoms with Gasteiger partial charge in [-0.1, -0.05) is 11.3 Å². The van der Waals surface area contributed by atoms with Crippen molar-refractivity contribution in [1.82, 2.24) is 4.98 Å². The number of thiazole rings is 1. The molecule has 1 atom stereocenters. The van der Waals surface area contributed by atoms with Crippen LogP contribution in [0.3, 0.4) is 0 Å². The Morgan fingerprint density at radius 1 is 1.33 bits per heavy atom. The van der Waals surface area contributed by atoms with Gasteiger partial charge in [-0.2, -0.15) is 0 Å². The molecule has 1 heterocycles. The van der Waals surface area contributed by atoms with Gasteiger partial charge in [0.15, 0.2) is 5.13 Å². The molecule has 0 aliphatic heterocycles. The first-order valence-electron chi connectivity index (χ1n) is 5.36. The largest absolute Gasteiger partial charge is 0.465 e. The molecule has 8 heteroatoms. The minimum absolute atomic E-state index is 0.0920. The van der Waals surface area contributed by atoms with Crippen LogP contribution in [-0.4, -0.2) is 30.1 Å². The first-order chi connectivity index (χ1) is 8.51. The topological polar surface area (TPSA) is 118 Å². The average molecular weight is 273 g/mol. The minimum atomic E-state index is -1.14. The molecular formula is C10H15N3O4S. The number of esters is 2. The smallest absolute Gasteiger partial charge is 0.350 e. The highest BCUT2D eigenvalue weighted by molar-refractivity contribution is 7.17. The standard InChI is InChI=1S/C10H15N3O4S/c1-3-16-8(14)5(11)6-7(9(15)17-4-2)18-10(12)13-6/h5H,3-4,11H2,1-2H3,(H2,12,13). The lowest BCUT2D eigenvalue weighted by Gasteiger charge is -2.09. The van der Waals surface area contributed by atoms with Gasteiger partial charge in [0.2, 0.25) is 0 Å². The lowest BCUT2D eigenvalue weighted by molar-refractivity contribution is -0.144. The van der Waals surface area contributed by atoms with E-state index in [1.54, 1.807) is 13.8 Å². The molecular weight excluding hydrogens is 258 g/mol. The molecule has 1 aromatic heterocycles. The molecule has 100 valence electrons. The third-order valence-corrected chi connectivity index (χ3v) is 2.85. The maximum Gasteiger partial charge on any atom is 0.350 e. The van der Waals surface area contributed by atoms with Gasteiger partial charge in [-0.25, -0.2) is 14.6 Å². The van der Waals surface area contributed by atoms with Crippen molar-refractivity contribution in [3.63, 3.8) is 0 Å². The van der Waals surface area contributed by atoms with Gasteiger partial charge < -0.3 is 20.9 Å². The Morgan fingerprint density at radius 3 is 2.50 bits per heavy atom. The molecule has 0 aliphatic carbocycles. The van der Waals surface area contributed by atoms with Crippen LogP contribution in [0.25, 0.3) is 0 Å². The predicted molar refractivity (Wildman–Crippen MR) is 66.0 cm³/mol. The molecule has 4 N–H and O–H groups in total. The maximum absolute atomic E-state index is 11.6. The SMILES string of the molecule is CCOC(=O)c1sc(N)nc1C(N)C(=O)OCC. The second-order valence-electron chi connectivity index (χ2n) is 3.22. The number of hydrogen-bond acceptors (Lipinski definition) is 8. The lowest BCUT2D eigenvalue weighted by Crippen LogP contribution is -2.26. The zero-order valence-electron chi connectivity index (χ0n) is 10.1. The number of rotatable bonds is 5. The Kier molecular flexibility index (Phi) is 5.05. The van der Waals surface area contributed by atoms with E-state index in [9.17, 15) is 9.59 Å². The molecule has 0 saturated heterocycles. The number of carbonyl (C=O) groups is 2. The molecule has 0 fully saturated rings. The van der Waals surface area contributed by atoms with Crippen molar-refractivity contribution in [3.8, 4) is 0 Å². The summed E-state index contributed by atoms with van der Waals surface area (Å²) in [5.41, 5.74) is 11.3. The summed E-state index contributed by atoms with van der Waals surface area (Å²) < 4.78 is 9.61. The molecule has 18 heavy (non-hydrogen) atoms. The van der Waals surface area contributed by atoms with E-state index in [1.165, 1.54) is 0 Å². The number of nitrogens with two attached hydrogens (primary N) is 2. The maximum atomic E-state index is 11.6. The number of hydrogen-bond donors (Lipinski definition) is 2. The summed E-state index contributed by atoms with van der Waals surface area (Å²) in [6.45, 7) is 3.74.